The standard InChI is InChI=1S/C15H22N2OS/c1-11(2)6-4-5-9-17-14-8-7-12(18-3)10-13(14)16-15(17)19/h7-8,10-11H,4-6,9H2,1-3H3,(H,16,19). The summed E-state index contributed by atoms with van der Waals surface area (Å²) in [6, 6.07) is 6.05. The van der Waals surface area contributed by atoms with E-state index >= 15 is 0 Å². The molecule has 0 saturated heterocycles. The van der Waals surface area contributed by atoms with Gasteiger partial charge in [0.15, 0.2) is 4.77 Å². The van der Waals surface area contributed by atoms with Crippen molar-refractivity contribution in [2.75, 3.05) is 7.11 Å². The first-order chi connectivity index (χ1) is 9.11. The molecular formula is C15H22N2OS. The minimum atomic E-state index is 0.778. The number of aromatic nitrogens is 2. The molecule has 0 atom stereocenters. The molecule has 0 aliphatic rings. The molecule has 3 nitrogen and oxygen atoms in total. The molecule has 0 fully saturated rings. The third-order valence-corrected chi connectivity index (χ3v) is 3.72. The summed E-state index contributed by atoms with van der Waals surface area (Å²) in [5, 5.41) is 0. The smallest absolute Gasteiger partial charge is 0.178 e. The summed E-state index contributed by atoms with van der Waals surface area (Å²) in [7, 11) is 1.68. The number of benzene rings is 1. The predicted molar refractivity (Wildman–Crippen MR) is 82.4 cm³/mol. The molecule has 1 N–H and O–H groups in total. The van der Waals surface area contributed by atoms with Crippen molar-refractivity contribution in [1.29, 1.82) is 0 Å². The van der Waals surface area contributed by atoms with E-state index in [1.54, 1.807) is 7.11 Å². The van der Waals surface area contributed by atoms with Crippen LogP contribution in [0, 0.1) is 10.7 Å². The number of fused-ring (bicyclic) bond motifs is 1. The average Bonchev–Trinajstić information content (AvgIpc) is 2.69. The molecule has 0 spiro atoms. The summed E-state index contributed by atoms with van der Waals surface area (Å²) in [6.07, 6.45) is 3.71. The highest BCUT2D eigenvalue weighted by molar-refractivity contribution is 7.71. The van der Waals surface area contributed by atoms with E-state index in [0.29, 0.717) is 0 Å². The van der Waals surface area contributed by atoms with Crippen molar-refractivity contribution in [3.05, 3.63) is 23.0 Å². The second-order valence-electron chi connectivity index (χ2n) is 5.35. The van der Waals surface area contributed by atoms with Gasteiger partial charge in [-0.15, -0.1) is 0 Å². The SMILES string of the molecule is COc1ccc2c(c1)[nH]c(=S)n2CCCCC(C)C. The van der Waals surface area contributed by atoms with Gasteiger partial charge >= 0.3 is 0 Å². The maximum atomic E-state index is 5.40. The van der Waals surface area contributed by atoms with Crippen molar-refractivity contribution in [2.24, 2.45) is 5.92 Å². The van der Waals surface area contributed by atoms with E-state index in [1.165, 1.54) is 19.3 Å². The van der Waals surface area contributed by atoms with Crippen LogP contribution in [0.4, 0.5) is 0 Å². The number of methoxy groups -OCH3 is 1. The summed E-state index contributed by atoms with van der Waals surface area (Å²) >= 11 is 5.40. The number of hydrogen-bond donors (Lipinski definition) is 1. The Morgan fingerprint density at radius 1 is 1.32 bits per heavy atom. The van der Waals surface area contributed by atoms with Crippen LogP contribution < -0.4 is 4.74 Å². The number of hydrogen-bond acceptors (Lipinski definition) is 2. The van der Waals surface area contributed by atoms with E-state index in [0.717, 1.165) is 34.0 Å². The van der Waals surface area contributed by atoms with Gasteiger partial charge in [-0.3, -0.25) is 0 Å². The van der Waals surface area contributed by atoms with E-state index in [-0.39, 0.29) is 0 Å². The Morgan fingerprint density at radius 2 is 2.11 bits per heavy atom. The Morgan fingerprint density at radius 3 is 2.79 bits per heavy atom. The fourth-order valence-electron chi connectivity index (χ4n) is 2.31. The van der Waals surface area contributed by atoms with Crippen molar-refractivity contribution in [1.82, 2.24) is 9.55 Å². The number of nitrogens with one attached hydrogen (secondary N) is 1. The van der Waals surface area contributed by atoms with Gasteiger partial charge < -0.3 is 14.3 Å². The predicted octanol–water partition coefficient (Wildman–Crippen LogP) is 4.53. The van der Waals surface area contributed by atoms with Crippen LogP contribution in [0.1, 0.15) is 33.1 Å². The molecule has 104 valence electrons. The third-order valence-electron chi connectivity index (χ3n) is 3.39. The van der Waals surface area contributed by atoms with Crippen LogP contribution >= 0.6 is 12.2 Å². The molecule has 0 saturated carbocycles. The Bertz CT molecular complexity index is 598. The van der Waals surface area contributed by atoms with Crippen molar-refractivity contribution < 1.29 is 4.74 Å². The molecule has 19 heavy (non-hydrogen) atoms. The monoisotopic (exact) mass is 278 g/mol. The molecule has 0 aliphatic carbocycles. The van der Waals surface area contributed by atoms with Gasteiger partial charge in [-0.2, -0.15) is 0 Å². The number of nitrogens with zero attached hydrogens (tertiary/aromatic N) is 1. The van der Waals surface area contributed by atoms with Crippen molar-refractivity contribution >= 4 is 23.3 Å². The molecule has 0 radical (unpaired) electrons. The topological polar surface area (TPSA) is 29.9 Å². The van der Waals surface area contributed by atoms with Crippen molar-refractivity contribution in [3.8, 4) is 5.75 Å². The van der Waals surface area contributed by atoms with Gasteiger partial charge in [0.05, 0.1) is 18.1 Å². The number of rotatable bonds is 6. The van der Waals surface area contributed by atoms with Crippen LogP contribution in [-0.2, 0) is 6.54 Å². The van der Waals surface area contributed by atoms with Crippen molar-refractivity contribution in [2.45, 2.75) is 39.7 Å². The summed E-state index contributed by atoms with van der Waals surface area (Å²) < 4.78 is 8.22. The first-order valence-corrected chi connectivity index (χ1v) is 7.29. The van der Waals surface area contributed by atoms with E-state index in [2.05, 4.69) is 29.5 Å². The second kappa shape index (κ2) is 6.24. The van der Waals surface area contributed by atoms with E-state index in [1.807, 2.05) is 12.1 Å². The van der Waals surface area contributed by atoms with Gasteiger partial charge in [-0.1, -0.05) is 26.7 Å². The van der Waals surface area contributed by atoms with Crippen LogP contribution in [-0.4, -0.2) is 16.7 Å². The Labute approximate surface area is 119 Å². The van der Waals surface area contributed by atoms with Crippen LogP contribution in [0.3, 0.4) is 0 Å². The highest BCUT2D eigenvalue weighted by Gasteiger charge is 2.05. The summed E-state index contributed by atoms with van der Waals surface area (Å²) in [6.45, 7) is 5.52. The molecule has 0 bridgehead atoms. The summed E-state index contributed by atoms with van der Waals surface area (Å²) in [4.78, 5) is 3.25. The average molecular weight is 278 g/mol. The molecule has 1 aromatic heterocycles. The van der Waals surface area contributed by atoms with Crippen LogP contribution in [0.5, 0.6) is 5.75 Å². The Balaban J connectivity index is 2.14. The fourth-order valence-corrected chi connectivity index (χ4v) is 2.61. The second-order valence-corrected chi connectivity index (χ2v) is 5.74. The first-order valence-electron chi connectivity index (χ1n) is 6.88. The zero-order valence-electron chi connectivity index (χ0n) is 11.9. The number of aromatic amines is 1. The van der Waals surface area contributed by atoms with Gasteiger partial charge in [-0.05, 0) is 36.7 Å². The Hall–Kier alpha value is -1.29. The van der Waals surface area contributed by atoms with Crippen LogP contribution in [0.25, 0.3) is 11.0 Å². The van der Waals surface area contributed by atoms with Crippen LogP contribution in [0.2, 0.25) is 0 Å². The molecule has 1 heterocycles. The zero-order chi connectivity index (χ0) is 13.8. The summed E-state index contributed by atoms with van der Waals surface area (Å²) in [5.74, 6) is 1.64. The van der Waals surface area contributed by atoms with E-state index in [4.69, 9.17) is 17.0 Å². The maximum absolute atomic E-state index is 5.40. The lowest BCUT2D eigenvalue weighted by Gasteiger charge is -2.07. The van der Waals surface area contributed by atoms with E-state index < -0.39 is 0 Å². The highest BCUT2D eigenvalue weighted by atomic mass is 32.1. The Kier molecular flexibility index (Phi) is 4.64. The maximum Gasteiger partial charge on any atom is 0.178 e. The van der Waals surface area contributed by atoms with Gasteiger partial charge in [-0.25, -0.2) is 0 Å². The summed E-state index contributed by atoms with van der Waals surface area (Å²) in [5.41, 5.74) is 2.21. The molecule has 0 aliphatic heterocycles. The zero-order valence-corrected chi connectivity index (χ0v) is 12.7. The third kappa shape index (κ3) is 3.38. The molecule has 0 unspecified atom stereocenters. The lowest BCUT2D eigenvalue weighted by molar-refractivity contribution is 0.415. The van der Waals surface area contributed by atoms with Gasteiger partial charge in [0.1, 0.15) is 5.75 Å². The number of imidazole rings is 1. The molecular weight excluding hydrogens is 256 g/mol. The fraction of sp³-hybridized carbons (Fsp3) is 0.533. The first kappa shape index (κ1) is 14.1. The quantitative estimate of drug-likeness (QED) is 0.621. The molecule has 2 rings (SSSR count). The van der Waals surface area contributed by atoms with Crippen LogP contribution in [0.15, 0.2) is 18.2 Å². The number of aryl methyl sites for hydroxylation is 1. The number of H-pyrrole nitrogens is 1. The number of unbranched alkanes of at least 4 members (excludes halogenated alkanes) is 1. The molecule has 1 aromatic carbocycles. The van der Waals surface area contributed by atoms with Gasteiger partial charge in [0.2, 0.25) is 0 Å². The number of ether oxygens (including phenoxy) is 1. The lowest BCUT2D eigenvalue weighted by atomic mass is 10.1. The highest BCUT2D eigenvalue weighted by Crippen LogP contribution is 2.21. The lowest BCUT2D eigenvalue weighted by Crippen LogP contribution is -1.99. The molecule has 2 aromatic rings. The minimum absolute atomic E-state index is 0.778. The normalized spacial score (nSPS) is 11.4. The van der Waals surface area contributed by atoms with E-state index in [9.17, 15) is 0 Å². The largest absolute Gasteiger partial charge is 0.497 e. The van der Waals surface area contributed by atoms with Gasteiger partial charge in [0, 0.05) is 12.6 Å². The van der Waals surface area contributed by atoms with Crippen molar-refractivity contribution in [3.63, 3.8) is 0 Å². The molecule has 4 heteroatoms. The van der Waals surface area contributed by atoms with Gasteiger partial charge in [0.25, 0.3) is 0 Å². The molecule has 0 amide bonds. The minimum Gasteiger partial charge on any atom is -0.497 e.